The van der Waals surface area contributed by atoms with Crippen molar-refractivity contribution in [3.05, 3.63) is 47.8 Å². The Kier molecular flexibility index (Phi) is 2.26. The molecule has 0 N–H and O–H groups in total. The van der Waals surface area contributed by atoms with Gasteiger partial charge < -0.3 is 0 Å². The van der Waals surface area contributed by atoms with Gasteiger partial charge in [0.05, 0.1) is 6.20 Å². The zero-order valence-electron chi connectivity index (χ0n) is 8.54. The van der Waals surface area contributed by atoms with Crippen LogP contribution < -0.4 is 4.68 Å². The Morgan fingerprint density at radius 1 is 1.27 bits per heavy atom. The Labute approximate surface area is 86.4 Å². The minimum Gasteiger partial charge on any atom is -0.207 e. The maximum atomic E-state index is 13.6. The quantitative estimate of drug-likeness (QED) is 0.634. The Morgan fingerprint density at radius 2 is 2.00 bits per heavy atom. The molecule has 0 aliphatic carbocycles. The molecule has 2 rings (SSSR count). The second-order valence-corrected chi connectivity index (χ2v) is 3.46. The summed E-state index contributed by atoms with van der Waals surface area (Å²) in [6, 6.07) is 4.00. The normalized spacial score (nSPS) is 10.7. The molecule has 0 unspecified atom stereocenters. The minimum atomic E-state index is -0.556. The van der Waals surface area contributed by atoms with Crippen molar-refractivity contribution in [1.29, 1.82) is 0 Å². The number of hydrogen-bond acceptors (Lipinski definition) is 0. The molecule has 2 aromatic rings. The van der Waals surface area contributed by atoms with Gasteiger partial charge in [0.25, 0.3) is 0 Å². The summed E-state index contributed by atoms with van der Waals surface area (Å²) >= 11 is 0. The number of hydrogen-bond donors (Lipinski definition) is 0. The van der Waals surface area contributed by atoms with Crippen LogP contribution in [0.15, 0.2) is 30.6 Å². The predicted octanol–water partition coefficient (Wildman–Crippen LogP) is 1.89. The summed E-state index contributed by atoms with van der Waals surface area (Å²) in [5.41, 5.74) is 0.947. The fraction of sp³-hybridized carbons (Fsp3) is 0.182. The van der Waals surface area contributed by atoms with E-state index in [-0.39, 0.29) is 0 Å². The van der Waals surface area contributed by atoms with E-state index >= 15 is 0 Å². The number of aryl methyl sites for hydroxylation is 2. The number of halogens is 2. The molecule has 2 nitrogen and oxygen atoms in total. The lowest BCUT2D eigenvalue weighted by molar-refractivity contribution is -0.744. The summed E-state index contributed by atoms with van der Waals surface area (Å²) in [4.78, 5) is 0. The number of nitrogens with zero attached hydrogens (tertiary/aromatic N) is 2. The van der Waals surface area contributed by atoms with Gasteiger partial charge in [0.2, 0.25) is 0 Å². The topological polar surface area (TPSA) is 8.81 Å². The smallest absolute Gasteiger partial charge is 0.195 e. The van der Waals surface area contributed by atoms with E-state index in [4.69, 9.17) is 0 Å². The van der Waals surface area contributed by atoms with E-state index in [9.17, 15) is 8.78 Å². The molecule has 0 radical (unpaired) electrons. The SMILES string of the molecule is Cc1cc(F)cc(F)c1-n1ccc[n+]1C. The van der Waals surface area contributed by atoms with E-state index in [0.717, 1.165) is 6.07 Å². The van der Waals surface area contributed by atoms with Crippen LogP contribution in [-0.4, -0.2) is 4.68 Å². The molecule has 0 amide bonds. The largest absolute Gasteiger partial charge is 0.207 e. The van der Waals surface area contributed by atoms with Gasteiger partial charge in [0.15, 0.2) is 19.1 Å². The van der Waals surface area contributed by atoms with E-state index in [0.29, 0.717) is 11.3 Å². The lowest BCUT2D eigenvalue weighted by Crippen LogP contribution is -2.37. The minimum absolute atomic E-state index is 0.379. The molecule has 0 saturated carbocycles. The third kappa shape index (κ3) is 1.63. The third-order valence-corrected chi connectivity index (χ3v) is 2.32. The lowest BCUT2D eigenvalue weighted by Gasteiger charge is -2.06. The molecule has 15 heavy (non-hydrogen) atoms. The first-order valence-corrected chi connectivity index (χ1v) is 4.59. The van der Waals surface area contributed by atoms with Crippen molar-refractivity contribution in [2.45, 2.75) is 6.92 Å². The first-order valence-electron chi connectivity index (χ1n) is 4.59. The Hall–Kier alpha value is -1.71. The molecule has 1 aromatic heterocycles. The second-order valence-electron chi connectivity index (χ2n) is 3.46. The summed E-state index contributed by atoms with van der Waals surface area (Å²) in [6.45, 7) is 1.68. The number of benzene rings is 1. The van der Waals surface area contributed by atoms with E-state index in [1.54, 1.807) is 41.8 Å². The van der Waals surface area contributed by atoms with Gasteiger partial charge in [0, 0.05) is 12.1 Å². The standard InChI is InChI=1S/C11H11F2N2/c1-8-6-9(12)7-10(13)11(8)15-5-3-4-14(15)2/h3-7H,1-2H3/q+1. The summed E-state index contributed by atoms with van der Waals surface area (Å²) in [7, 11) is 1.79. The van der Waals surface area contributed by atoms with Crippen LogP contribution in [0.25, 0.3) is 5.69 Å². The van der Waals surface area contributed by atoms with Crippen molar-refractivity contribution < 1.29 is 13.5 Å². The number of aromatic nitrogens is 2. The molecule has 0 fully saturated rings. The Morgan fingerprint density at radius 3 is 2.53 bits per heavy atom. The van der Waals surface area contributed by atoms with Crippen molar-refractivity contribution in [2.24, 2.45) is 7.05 Å². The van der Waals surface area contributed by atoms with Crippen molar-refractivity contribution in [3.63, 3.8) is 0 Å². The van der Waals surface area contributed by atoms with Gasteiger partial charge in [-0.05, 0) is 18.6 Å². The first kappa shape index (κ1) is 9.83. The summed E-state index contributed by atoms with van der Waals surface area (Å²) in [5.74, 6) is -1.11. The Balaban J connectivity index is 2.68. The third-order valence-electron chi connectivity index (χ3n) is 2.32. The van der Waals surface area contributed by atoms with Gasteiger partial charge >= 0.3 is 0 Å². The molecule has 0 saturated heterocycles. The average Bonchev–Trinajstić information content (AvgIpc) is 2.50. The highest BCUT2D eigenvalue weighted by Gasteiger charge is 2.15. The molecule has 78 valence electrons. The van der Waals surface area contributed by atoms with E-state index in [1.165, 1.54) is 6.07 Å². The van der Waals surface area contributed by atoms with Crippen LogP contribution in [0.5, 0.6) is 0 Å². The van der Waals surface area contributed by atoms with Gasteiger partial charge in [-0.25, -0.2) is 8.78 Å². The van der Waals surface area contributed by atoms with Gasteiger partial charge in [-0.15, -0.1) is 9.36 Å². The number of rotatable bonds is 1. The molecule has 1 aromatic carbocycles. The van der Waals surface area contributed by atoms with Crippen LogP contribution in [0.2, 0.25) is 0 Å². The average molecular weight is 209 g/mol. The summed E-state index contributed by atoms with van der Waals surface area (Å²) in [6.07, 6.45) is 3.52. The second kappa shape index (κ2) is 3.46. The zero-order chi connectivity index (χ0) is 11.0. The maximum absolute atomic E-state index is 13.6. The monoisotopic (exact) mass is 209 g/mol. The molecule has 1 heterocycles. The molecule has 0 bridgehead atoms. The highest BCUT2D eigenvalue weighted by molar-refractivity contribution is 5.40. The van der Waals surface area contributed by atoms with E-state index in [1.807, 2.05) is 0 Å². The summed E-state index contributed by atoms with van der Waals surface area (Å²) < 4.78 is 29.8. The van der Waals surface area contributed by atoms with Crippen molar-refractivity contribution in [1.82, 2.24) is 4.68 Å². The molecule has 0 spiro atoms. The summed E-state index contributed by atoms with van der Waals surface area (Å²) in [5, 5.41) is 0. The molecule has 0 atom stereocenters. The van der Waals surface area contributed by atoms with Crippen molar-refractivity contribution in [2.75, 3.05) is 0 Å². The highest BCUT2D eigenvalue weighted by Crippen LogP contribution is 2.18. The van der Waals surface area contributed by atoms with Crippen LogP contribution in [0.1, 0.15) is 5.56 Å². The van der Waals surface area contributed by atoms with Crippen LogP contribution in [0.4, 0.5) is 8.78 Å². The van der Waals surface area contributed by atoms with Gasteiger partial charge in [-0.1, -0.05) is 0 Å². The lowest BCUT2D eigenvalue weighted by atomic mass is 10.2. The molecular weight excluding hydrogens is 198 g/mol. The van der Waals surface area contributed by atoms with Crippen molar-refractivity contribution >= 4 is 0 Å². The Bertz CT molecular complexity index is 480. The fourth-order valence-electron chi connectivity index (χ4n) is 1.64. The van der Waals surface area contributed by atoms with Crippen LogP contribution in [0.3, 0.4) is 0 Å². The fourth-order valence-corrected chi connectivity index (χ4v) is 1.64. The van der Waals surface area contributed by atoms with E-state index in [2.05, 4.69) is 0 Å². The first-order chi connectivity index (χ1) is 7.09. The van der Waals surface area contributed by atoms with Crippen molar-refractivity contribution in [3.8, 4) is 5.69 Å². The molecular formula is C11H11F2N2+. The maximum Gasteiger partial charge on any atom is 0.195 e. The van der Waals surface area contributed by atoms with Gasteiger partial charge in [-0.2, -0.15) is 0 Å². The van der Waals surface area contributed by atoms with Crippen LogP contribution in [0, 0.1) is 18.6 Å². The predicted molar refractivity (Wildman–Crippen MR) is 51.6 cm³/mol. The molecule has 0 aliphatic rings. The van der Waals surface area contributed by atoms with Gasteiger partial charge in [0.1, 0.15) is 11.5 Å². The van der Waals surface area contributed by atoms with Gasteiger partial charge in [-0.3, -0.25) is 0 Å². The highest BCUT2D eigenvalue weighted by atomic mass is 19.1. The molecule has 0 aliphatic heterocycles. The molecule has 4 heteroatoms. The van der Waals surface area contributed by atoms with E-state index < -0.39 is 11.6 Å². The van der Waals surface area contributed by atoms with Crippen LogP contribution >= 0.6 is 0 Å². The van der Waals surface area contributed by atoms with Crippen LogP contribution in [-0.2, 0) is 7.05 Å². The zero-order valence-corrected chi connectivity index (χ0v) is 8.54.